The molecule has 1 heterocycles. The first-order valence-electron chi connectivity index (χ1n) is 7.49. The van der Waals surface area contributed by atoms with Gasteiger partial charge in [0, 0.05) is 49.9 Å². The number of hydrogen-bond acceptors (Lipinski definition) is 3. The molecule has 4 heteroatoms. The van der Waals surface area contributed by atoms with Crippen LogP contribution in [0.2, 0.25) is 0 Å². The molecular formula is C16H25FN2O. The summed E-state index contributed by atoms with van der Waals surface area (Å²) in [4.78, 5) is 4.86. The minimum atomic E-state index is -0.389. The van der Waals surface area contributed by atoms with E-state index in [2.05, 4.69) is 30.6 Å². The Morgan fingerprint density at radius 3 is 2.30 bits per heavy atom. The Balaban J connectivity index is 1.99. The number of phenolic OH excluding ortho intramolecular Hbond substituents is 1. The lowest BCUT2D eigenvalue weighted by atomic mass is 10.0. The second-order valence-corrected chi connectivity index (χ2v) is 5.71. The van der Waals surface area contributed by atoms with E-state index in [4.69, 9.17) is 0 Å². The molecular weight excluding hydrogens is 255 g/mol. The SMILES string of the molecule is CCC(C)N1CCN(C(C)c2ccc(F)cc2O)CC1. The van der Waals surface area contributed by atoms with Crippen LogP contribution in [0.3, 0.4) is 0 Å². The van der Waals surface area contributed by atoms with Crippen LogP contribution in [0.5, 0.6) is 5.75 Å². The third-order valence-corrected chi connectivity index (χ3v) is 4.55. The van der Waals surface area contributed by atoms with Gasteiger partial charge in [-0.1, -0.05) is 13.0 Å². The number of phenols is 1. The Bertz CT molecular complexity index is 444. The lowest BCUT2D eigenvalue weighted by Crippen LogP contribution is -2.49. The van der Waals surface area contributed by atoms with Gasteiger partial charge in [-0.15, -0.1) is 0 Å². The summed E-state index contributed by atoms with van der Waals surface area (Å²) in [6, 6.07) is 5.06. The fourth-order valence-corrected chi connectivity index (χ4v) is 2.89. The quantitative estimate of drug-likeness (QED) is 0.918. The predicted molar refractivity (Wildman–Crippen MR) is 79.4 cm³/mol. The van der Waals surface area contributed by atoms with Gasteiger partial charge in [0.15, 0.2) is 0 Å². The maximum Gasteiger partial charge on any atom is 0.126 e. The van der Waals surface area contributed by atoms with Gasteiger partial charge in [0.1, 0.15) is 11.6 Å². The Morgan fingerprint density at radius 1 is 1.15 bits per heavy atom. The van der Waals surface area contributed by atoms with Crippen LogP contribution >= 0.6 is 0 Å². The van der Waals surface area contributed by atoms with E-state index in [9.17, 15) is 9.50 Å². The van der Waals surface area contributed by atoms with Crippen LogP contribution in [0.4, 0.5) is 4.39 Å². The van der Waals surface area contributed by atoms with Crippen molar-refractivity contribution < 1.29 is 9.50 Å². The van der Waals surface area contributed by atoms with Crippen molar-refractivity contribution >= 4 is 0 Å². The van der Waals surface area contributed by atoms with Gasteiger partial charge in [-0.3, -0.25) is 9.80 Å². The fraction of sp³-hybridized carbons (Fsp3) is 0.625. The second-order valence-electron chi connectivity index (χ2n) is 5.71. The first kappa shape index (κ1) is 15.3. The molecule has 112 valence electrons. The van der Waals surface area contributed by atoms with Crippen LogP contribution in [0.15, 0.2) is 18.2 Å². The van der Waals surface area contributed by atoms with Crippen LogP contribution in [0.1, 0.15) is 38.8 Å². The van der Waals surface area contributed by atoms with Crippen molar-refractivity contribution in [2.75, 3.05) is 26.2 Å². The van der Waals surface area contributed by atoms with Gasteiger partial charge in [0.05, 0.1) is 0 Å². The van der Waals surface area contributed by atoms with Gasteiger partial charge in [0.2, 0.25) is 0 Å². The molecule has 2 unspecified atom stereocenters. The van der Waals surface area contributed by atoms with Crippen LogP contribution < -0.4 is 0 Å². The molecule has 1 aliphatic rings. The van der Waals surface area contributed by atoms with Crippen molar-refractivity contribution in [3.8, 4) is 5.75 Å². The number of nitrogens with zero attached hydrogens (tertiary/aromatic N) is 2. The van der Waals surface area contributed by atoms with E-state index in [-0.39, 0.29) is 17.6 Å². The second kappa shape index (κ2) is 6.55. The lowest BCUT2D eigenvalue weighted by molar-refractivity contribution is 0.0765. The van der Waals surface area contributed by atoms with Crippen molar-refractivity contribution in [2.24, 2.45) is 0 Å². The van der Waals surface area contributed by atoms with Crippen molar-refractivity contribution in [3.63, 3.8) is 0 Å². The highest BCUT2D eigenvalue weighted by atomic mass is 19.1. The highest BCUT2D eigenvalue weighted by molar-refractivity contribution is 5.35. The van der Waals surface area contributed by atoms with Crippen LogP contribution in [0.25, 0.3) is 0 Å². The van der Waals surface area contributed by atoms with Gasteiger partial charge in [-0.2, -0.15) is 0 Å². The van der Waals surface area contributed by atoms with Crippen LogP contribution in [0, 0.1) is 5.82 Å². The van der Waals surface area contributed by atoms with E-state index in [1.165, 1.54) is 18.6 Å². The number of halogens is 1. The minimum Gasteiger partial charge on any atom is -0.508 e. The molecule has 20 heavy (non-hydrogen) atoms. The van der Waals surface area contributed by atoms with Crippen molar-refractivity contribution in [2.45, 2.75) is 39.3 Å². The zero-order chi connectivity index (χ0) is 14.7. The molecule has 0 radical (unpaired) electrons. The molecule has 1 aromatic rings. The molecule has 0 aliphatic carbocycles. The largest absolute Gasteiger partial charge is 0.508 e. The summed E-state index contributed by atoms with van der Waals surface area (Å²) in [5.41, 5.74) is 0.809. The monoisotopic (exact) mass is 280 g/mol. The lowest BCUT2D eigenvalue weighted by Gasteiger charge is -2.40. The van der Waals surface area contributed by atoms with Crippen molar-refractivity contribution in [1.82, 2.24) is 9.80 Å². The van der Waals surface area contributed by atoms with E-state index >= 15 is 0 Å². The zero-order valence-electron chi connectivity index (χ0n) is 12.6. The smallest absolute Gasteiger partial charge is 0.126 e. The summed E-state index contributed by atoms with van der Waals surface area (Å²) >= 11 is 0. The third kappa shape index (κ3) is 3.30. The number of rotatable bonds is 4. The van der Waals surface area contributed by atoms with E-state index in [0.717, 1.165) is 31.7 Å². The molecule has 0 saturated carbocycles. The molecule has 0 amide bonds. The van der Waals surface area contributed by atoms with Gasteiger partial charge < -0.3 is 5.11 Å². The minimum absolute atomic E-state index is 0.0573. The average Bonchev–Trinajstić information content (AvgIpc) is 2.46. The van der Waals surface area contributed by atoms with Gasteiger partial charge in [-0.25, -0.2) is 4.39 Å². The first-order valence-corrected chi connectivity index (χ1v) is 7.49. The summed E-state index contributed by atoms with van der Waals surface area (Å²) < 4.78 is 13.1. The summed E-state index contributed by atoms with van der Waals surface area (Å²) in [7, 11) is 0. The van der Waals surface area contributed by atoms with Crippen molar-refractivity contribution in [1.29, 1.82) is 0 Å². The molecule has 0 aromatic heterocycles. The molecule has 2 rings (SSSR count). The summed E-state index contributed by atoms with van der Waals surface area (Å²) in [6.45, 7) is 10.7. The highest BCUT2D eigenvalue weighted by Crippen LogP contribution is 2.29. The third-order valence-electron chi connectivity index (χ3n) is 4.55. The molecule has 0 bridgehead atoms. The normalized spacial score (nSPS) is 20.8. The predicted octanol–water partition coefficient (Wildman–Crippen LogP) is 3.01. The zero-order valence-corrected chi connectivity index (χ0v) is 12.6. The number of aromatic hydroxyl groups is 1. The fourth-order valence-electron chi connectivity index (χ4n) is 2.89. The van der Waals surface area contributed by atoms with E-state index in [0.29, 0.717) is 6.04 Å². The number of piperazine rings is 1. The van der Waals surface area contributed by atoms with Gasteiger partial charge >= 0.3 is 0 Å². The molecule has 0 spiro atoms. The Hall–Kier alpha value is -1.13. The van der Waals surface area contributed by atoms with Crippen molar-refractivity contribution in [3.05, 3.63) is 29.6 Å². The molecule has 1 fully saturated rings. The standard InChI is InChI=1S/C16H25FN2O/c1-4-12(2)18-7-9-19(10-8-18)13(3)15-6-5-14(17)11-16(15)20/h5-6,11-13,20H,4,7-10H2,1-3H3. The molecule has 1 aromatic carbocycles. The molecule has 1 aliphatic heterocycles. The first-order chi connectivity index (χ1) is 9.52. The van der Waals surface area contributed by atoms with Gasteiger partial charge in [-0.05, 0) is 26.3 Å². The summed E-state index contributed by atoms with van der Waals surface area (Å²) in [5.74, 6) is -0.332. The average molecular weight is 280 g/mol. The molecule has 2 atom stereocenters. The Labute approximate surface area is 121 Å². The van der Waals surface area contributed by atoms with Gasteiger partial charge in [0.25, 0.3) is 0 Å². The molecule has 1 saturated heterocycles. The summed E-state index contributed by atoms with van der Waals surface area (Å²) in [5, 5.41) is 9.89. The van der Waals surface area contributed by atoms with E-state index in [1.807, 2.05) is 0 Å². The number of hydrogen-bond donors (Lipinski definition) is 1. The number of benzene rings is 1. The summed E-state index contributed by atoms with van der Waals surface area (Å²) in [6.07, 6.45) is 1.17. The molecule has 1 N–H and O–H groups in total. The Kier molecular flexibility index (Phi) is 5.00. The molecule has 3 nitrogen and oxygen atoms in total. The maximum atomic E-state index is 13.1. The topological polar surface area (TPSA) is 26.7 Å². The van der Waals surface area contributed by atoms with Crippen LogP contribution in [-0.2, 0) is 0 Å². The maximum absolute atomic E-state index is 13.1. The van der Waals surface area contributed by atoms with Crippen LogP contribution in [-0.4, -0.2) is 47.1 Å². The van der Waals surface area contributed by atoms with E-state index in [1.54, 1.807) is 6.07 Å². The Morgan fingerprint density at radius 2 is 1.75 bits per heavy atom. The van der Waals surface area contributed by atoms with E-state index < -0.39 is 0 Å². The highest BCUT2D eigenvalue weighted by Gasteiger charge is 2.25.